The molecule has 0 unspecified atom stereocenters. The number of pyridine rings is 1. The summed E-state index contributed by atoms with van der Waals surface area (Å²) in [7, 11) is 0. The van der Waals surface area contributed by atoms with Crippen LogP contribution in [0.3, 0.4) is 0 Å². The van der Waals surface area contributed by atoms with E-state index in [0.717, 1.165) is 42.3 Å². The number of nitrogens with zero attached hydrogens (tertiary/aromatic N) is 3. The molecule has 1 N–H and O–H groups in total. The van der Waals surface area contributed by atoms with Gasteiger partial charge in [0, 0.05) is 30.9 Å². The lowest BCUT2D eigenvalue weighted by molar-refractivity contribution is -0.131. The maximum atomic E-state index is 12.8. The number of carbonyl (C=O) groups is 1. The number of rotatable bonds is 6. The molecule has 1 aliphatic heterocycles. The lowest BCUT2D eigenvalue weighted by Gasteiger charge is -2.25. The first-order valence-corrected chi connectivity index (χ1v) is 8.87. The summed E-state index contributed by atoms with van der Waals surface area (Å²) in [5.41, 5.74) is 1.94. The number of aryl methyl sites for hydroxylation is 1. The number of hydrogen-bond donors (Lipinski definition) is 1. The molecule has 3 heterocycles. The molecule has 23 heavy (non-hydrogen) atoms. The van der Waals surface area contributed by atoms with E-state index in [1.54, 1.807) is 17.5 Å². The second-order valence-corrected chi connectivity index (χ2v) is 7.09. The van der Waals surface area contributed by atoms with Gasteiger partial charge in [-0.2, -0.15) is 0 Å². The molecular formula is C17H22N4OS. The lowest BCUT2D eigenvalue weighted by Crippen LogP contribution is -2.36. The highest BCUT2D eigenvalue weighted by molar-refractivity contribution is 7.09. The highest BCUT2D eigenvalue weighted by Crippen LogP contribution is 2.15. The molecule has 0 radical (unpaired) electrons. The summed E-state index contributed by atoms with van der Waals surface area (Å²) in [4.78, 5) is 23.3. The van der Waals surface area contributed by atoms with Crippen molar-refractivity contribution >= 4 is 17.2 Å². The molecule has 0 aromatic carbocycles. The van der Waals surface area contributed by atoms with Crippen LogP contribution < -0.4 is 5.32 Å². The van der Waals surface area contributed by atoms with E-state index in [1.807, 2.05) is 35.5 Å². The van der Waals surface area contributed by atoms with Crippen molar-refractivity contribution in [3.05, 3.63) is 46.2 Å². The zero-order valence-corrected chi connectivity index (χ0v) is 14.2. The molecule has 1 fully saturated rings. The van der Waals surface area contributed by atoms with E-state index >= 15 is 0 Å². The summed E-state index contributed by atoms with van der Waals surface area (Å²) in [5, 5.41) is 6.36. The Bertz CT molecular complexity index is 637. The topological polar surface area (TPSA) is 58.1 Å². The zero-order valence-electron chi connectivity index (χ0n) is 13.4. The minimum Gasteiger partial charge on any atom is -0.338 e. The van der Waals surface area contributed by atoms with E-state index in [9.17, 15) is 4.79 Å². The predicted octanol–water partition coefficient (Wildman–Crippen LogP) is 2.03. The molecule has 2 aromatic heterocycles. The molecule has 1 amide bonds. The quantitative estimate of drug-likeness (QED) is 0.880. The first-order valence-electron chi connectivity index (χ1n) is 7.99. The van der Waals surface area contributed by atoms with Crippen molar-refractivity contribution in [1.29, 1.82) is 0 Å². The van der Waals surface area contributed by atoms with Crippen LogP contribution in [0.4, 0.5) is 0 Å². The highest BCUT2D eigenvalue weighted by Gasteiger charge is 2.22. The van der Waals surface area contributed by atoms with Gasteiger partial charge in [-0.1, -0.05) is 6.07 Å². The van der Waals surface area contributed by atoms with E-state index in [-0.39, 0.29) is 5.91 Å². The Morgan fingerprint density at radius 2 is 2.43 bits per heavy atom. The summed E-state index contributed by atoms with van der Waals surface area (Å²) in [6.07, 6.45) is 5.10. The fourth-order valence-electron chi connectivity index (χ4n) is 2.90. The zero-order chi connectivity index (χ0) is 16.1. The van der Waals surface area contributed by atoms with Crippen molar-refractivity contribution in [2.24, 2.45) is 5.92 Å². The SMILES string of the molecule is Cc1nc(CC(=O)N(Cc2cccnc2)C[C@H]2CCNC2)cs1. The number of aromatic nitrogens is 2. The number of amides is 1. The fourth-order valence-corrected chi connectivity index (χ4v) is 3.52. The minimum absolute atomic E-state index is 0.144. The largest absolute Gasteiger partial charge is 0.338 e. The van der Waals surface area contributed by atoms with Gasteiger partial charge in [0.25, 0.3) is 0 Å². The molecule has 3 rings (SSSR count). The Morgan fingerprint density at radius 1 is 1.52 bits per heavy atom. The highest BCUT2D eigenvalue weighted by atomic mass is 32.1. The molecule has 1 saturated heterocycles. The van der Waals surface area contributed by atoms with E-state index in [0.29, 0.717) is 18.9 Å². The Balaban J connectivity index is 1.68. The normalized spacial score (nSPS) is 17.3. The van der Waals surface area contributed by atoms with Gasteiger partial charge in [-0.05, 0) is 44.0 Å². The maximum absolute atomic E-state index is 12.8. The Kier molecular flexibility index (Phi) is 5.35. The van der Waals surface area contributed by atoms with Gasteiger partial charge in [-0.3, -0.25) is 9.78 Å². The number of thiazole rings is 1. The van der Waals surface area contributed by atoms with Crippen molar-refractivity contribution in [3.8, 4) is 0 Å². The Hall–Kier alpha value is -1.79. The predicted molar refractivity (Wildman–Crippen MR) is 91.2 cm³/mol. The van der Waals surface area contributed by atoms with Crippen LogP contribution >= 0.6 is 11.3 Å². The van der Waals surface area contributed by atoms with Crippen LogP contribution in [0.2, 0.25) is 0 Å². The van der Waals surface area contributed by atoms with E-state index < -0.39 is 0 Å². The molecule has 6 heteroatoms. The molecule has 122 valence electrons. The molecular weight excluding hydrogens is 308 g/mol. The van der Waals surface area contributed by atoms with Gasteiger partial charge in [-0.25, -0.2) is 4.98 Å². The van der Waals surface area contributed by atoms with Gasteiger partial charge >= 0.3 is 0 Å². The summed E-state index contributed by atoms with van der Waals surface area (Å²) >= 11 is 1.59. The molecule has 5 nitrogen and oxygen atoms in total. The Morgan fingerprint density at radius 3 is 3.09 bits per heavy atom. The summed E-state index contributed by atoms with van der Waals surface area (Å²) < 4.78 is 0. The van der Waals surface area contributed by atoms with Crippen LogP contribution in [-0.2, 0) is 17.8 Å². The number of nitrogens with one attached hydrogen (secondary N) is 1. The third kappa shape index (κ3) is 4.59. The number of carbonyl (C=O) groups excluding carboxylic acids is 1. The van der Waals surface area contributed by atoms with Gasteiger partial charge in [0.1, 0.15) is 0 Å². The van der Waals surface area contributed by atoms with Gasteiger partial charge in [-0.15, -0.1) is 11.3 Å². The second kappa shape index (κ2) is 7.66. The van der Waals surface area contributed by atoms with Crippen LogP contribution in [-0.4, -0.2) is 40.4 Å². The van der Waals surface area contributed by atoms with E-state index in [4.69, 9.17) is 0 Å². The molecule has 1 atom stereocenters. The van der Waals surface area contributed by atoms with Crippen LogP contribution in [0.1, 0.15) is 22.7 Å². The Labute approximate surface area is 140 Å². The molecule has 0 aliphatic carbocycles. The monoisotopic (exact) mass is 330 g/mol. The van der Waals surface area contributed by atoms with Crippen LogP contribution in [0.15, 0.2) is 29.9 Å². The third-order valence-corrected chi connectivity index (χ3v) is 4.91. The van der Waals surface area contributed by atoms with Gasteiger partial charge in [0.15, 0.2) is 0 Å². The summed E-state index contributed by atoms with van der Waals surface area (Å²) in [6.45, 7) is 5.42. The average Bonchev–Trinajstić information content (AvgIpc) is 3.19. The van der Waals surface area contributed by atoms with Crippen molar-refractivity contribution in [2.75, 3.05) is 19.6 Å². The van der Waals surface area contributed by atoms with Gasteiger partial charge < -0.3 is 10.2 Å². The summed E-state index contributed by atoms with van der Waals surface area (Å²) in [5.74, 6) is 0.679. The van der Waals surface area contributed by atoms with Gasteiger partial charge in [0.2, 0.25) is 5.91 Å². The van der Waals surface area contributed by atoms with Crippen LogP contribution in [0.5, 0.6) is 0 Å². The molecule has 0 saturated carbocycles. The van der Waals surface area contributed by atoms with Crippen molar-refractivity contribution < 1.29 is 4.79 Å². The molecule has 2 aromatic rings. The van der Waals surface area contributed by atoms with E-state index in [2.05, 4.69) is 15.3 Å². The van der Waals surface area contributed by atoms with Crippen LogP contribution in [0.25, 0.3) is 0 Å². The second-order valence-electron chi connectivity index (χ2n) is 6.03. The van der Waals surface area contributed by atoms with Crippen molar-refractivity contribution in [2.45, 2.75) is 26.3 Å². The standard InChI is InChI=1S/C17H22N4OS/c1-13-20-16(12-23-13)7-17(22)21(11-15-4-6-19-9-15)10-14-3-2-5-18-8-14/h2-3,5,8,12,15,19H,4,6-7,9-11H2,1H3/t15-/m0/s1. The molecule has 0 spiro atoms. The first kappa shape index (κ1) is 16.1. The van der Waals surface area contributed by atoms with Crippen molar-refractivity contribution in [3.63, 3.8) is 0 Å². The van der Waals surface area contributed by atoms with Crippen molar-refractivity contribution in [1.82, 2.24) is 20.2 Å². The lowest BCUT2D eigenvalue weighted by atomic mass is 10.1. The smallest absolute Gasteiger partial charge is 0.228 e. The molecule has 1 aliphatic rings. The summed E-state index contributed by atoms with van der Waals surface area (Å²) in [6, 6.07) is 3.94. The minimum atomic E-state index is 0.144. The molecule has 0 bridgehead atoms. The maximum Gasteiger partial charge on any atom is 0.228 e. The fraction of sp³-hybridized carbons (Fsp3) is 0.471. The van der Waals surface area contributed by atoms with E-state index in [1.165, 1.54) is 0 Å². The first-order chi connectivity index (χ1) is 11.2. The van der Waals surface area contributed by atoms with Crippen LogP contribution in [0, 0.1) is 12.8 Å². The third-order valence-electron chi connectivity index (χ3n) is 4.09. The number of hydrogen-bond acceptors (Lipinski definition) is 5. The van der Waals surface area contributed by atoms with Gasteiger partial charge in [0.05, 0.1) is 17.1 Å². The average molecular weight is 330 g/mol.